The smallest absolute Gasteiger partial charge is 0.251 e. The van der Waals surface area contributed by atoms with Gasteiger partial charge in [-0.1, -0.05) is 18.2 Å². The van der Waals surface area contributed by atoms with Crippen molar-refractivity contribution in [1.29, 1.82) is 0 Å². The minimum Gasteiger partial charge on any atom is -0.378 e. The fourth-order valence-corrected chi connectivity index (χ4v) is 2.51. The number of hydrogen-bond acceptors (Lipinski definition) is 3. The van der Waals surface area contributed by atoms with Crippen LogP contribution in [0.2, 0.25) is 0 Å². The molecular weight excluding hydrogens is 305 g/mol. The van der Waals surface area contributed by atoms with Gasteiger partial charge in [-0.05, 0) is 50.0 Å². The largest absolute Gasteiger partial charge is 0.378 e. The highest BCUT2D eigenvalue weighted by atomic mass is 19.1. The van der Waals surface area contributed by atoms with E-state index in [4.69, 9.17) is 0 Å². The molecule has 0 bridgehead atoms. The standard InChI is InChI=1S/C19H24FN3O/c1-22(2)17-10-8-14(9-11-17)18(23(3)4)13-21-19(24)15-6-5-7-16(20)12-15/h5-12,18H,13H2,1-4H3,(H,21,24)/t18-/m1/s1. The molecule has 1 N–H and O–H groups in total. The fourth-order valence-electron chi connectivity index (χ4n) is 2.51. The Balaban J connectivity index is 2.07. The van der Waals surface area contributed by atoms with Crippen LogP contribution in [-0.4, -0.2) is 45.5 Å². The van der Waals surface area contributed by atoms with Crippen molar-refractivity contribution in [1.82, 2.24) is 10.2 Å². The second-order valence-electron chi connectivity index (χ2n) is 6.19. The molecule has 0 aliphatic rings. The predicted octanol–water partition coefficient (Wildman–Crippen LogP) is 2.92. The number of carbonyl (C=O) groups excluding carboxylic acids is 1. The molecular formula is C19H24FN3O. The van der Waals surface area contributed by atoms with Crippen molar-refractivity contribution in [3.05, 3.63) is 65.5 Å². The van der Waals surface area contributed by atoms with Gasteiger partial charge in [-0.3, -0.25) is 4.79 Å². The first kappa shape index (κ1) is 17.9. The van der Waals surface area contributed by atoms with E-state index in [9.17, 15) is 9.18 Å². The Morgan fingerprint density at radius 1 is 1.08 bits per heavy atom. The van der Waals surface area contributed by atoms with Gasteiger partial charge >= 0.3 is 0 Å². The van der Waals surface area contributed by atoms with Crippen LogP contribution in [-0.2, 0) is 0 Å². The lowest BCUT2D eigenvalue weighted by Crippen LogP contribution is -2.34. The molecule has 2 aromatic carbocycles. The lowest BCUT2D eigenvalue weighted by Gasteiger charge is -2.25. The molecule has 0 aromatic heterocycles. The quantitative estimate of drug-likeness (QED) is 0.885. The molecule has 0 spiro atoms. The zero-order chi connectivity index (χ0) is 17.7. The maximum Gasteiger partial charge on any atom is 0.251 e. The Bertz CT molecular complexity index is 683. The van der Waals surface area contributed by atoms with Crippen LogP contribution >= 0.6 is 0 Å². The number of rotatable bonds is 6. The van der Waals surface area contributed by atoms with Crippen LogP contribution in [0, 0.1) is 5.82 Å². The third-order valence-electron chi connectivity index (χ3n) is 3.96. The minimum atomic E-state index is -0.411. The molecule has 5 heteroatoms. The molecule has 128 valence electrons. The van der Waals surface area contributed by atoms with Crippen LogP contribution in [0.4, 0.5) is 10.1 Å². The molecule has 1 atom stereocenters. The van der Waals surface area contributed by atoms with Gasteiger partial charge in [0.25, 0.3) is 5.91 Å². The zero-order valence-corrected chi connectivity index (χ0v) is 14.6. The lowest BCUT2D eigenvalue weighted by molar-refractivity contribution is 0.0941. The van der Waals surface area contributed by atoms with Crippen LogP contribution in [0.25, 0.3) is 0 Å². The highest BCUT2D eigenvalue weighted by molar-refractivity contribution is 5.94. The molecule has 24 heavy (non-hydrogen) atoms. The molecule has 0 saturated carbocycles. The van der Waals surface area contributed by atoms with E-state index in [0.29, 0.717) is 12.1 Å². The Hall–Kier alpha value is -2.40. The molecule has 0 fully saturated rings. The van der Waals surface area contributed by atoms with Gasteiger partial charge in [-0.15, -0.1) is 0 Å². The minimum absolute atomic E-state index is 0.0405. The molecule has 4 nitrogen and oxygen atoms in total. The van der Waals surface area contributed by atoms with Gasteiger partial charge in [-0.2, -0.15) is 0 Å². The van der Waals surface area contributed by atoms with Crippen LogP contribution in [0.3, 0.4) is 0 Å². The second kappa shape index (κ2) is 7.93. The Morgan fingerprint density at radius 3 is 2.29 bits per heavy atom. The third kappa shape index (κ3) is 4.55. The maximum atomic E-state index is 13.2. The first-order valence-electron chi connectivity index (χ1n) is 7.86. The van der Waals surface area contributed by atoms with Crippen LogP contribution in [0.5, 0.6) is 0 Å². The van der Waals surface area contributed by atoms with Gasteiger partial charge in [0.05, 0.1) is 6.04 Å². The Kier molecular flexibility index (Phi) is 5.93. The Morgan fingerprint density at radius 2 is 1.75 bits per heavy atom. The monoisotopic (exact) mass is 329 g/mol. The fraction of sp³-hybridized carbons (Fsp3) is 0.316. The molecule has 0 radical (unpaired) electrons. The third-order valence-corrected chi connectivity index (χ3v) is 3.96. The van der Waals surface area contributed by atoms with Gasteiger partial charge in [0.1, 0.15) is 5.82 Å². The lowest BCUT2D eigenvalue weighted by atomic mass is 10.0. The first-order chi connectivity index (χ1) is 11.4. The summed E-state index contributed by atoms with van der Waals surface area (Å²) >= 11 is 0. The number of anilines is 1. The molecule has 0 aliphatic heterocycles. The van der Waals surface area contributed by atoms with Gasteiger partial charge in [0.2, 0.25) is 0 Å². The Labute approximate surface area is 142 Å². The number of halogens is 1. The normalized spacial score (nSPS) is 12.1. The van der Waals surface area contributed by atoms with E-state index in [1.54, 1.807) is 6.07 Å². The summed E-state index contributed by atoms with van der Waals surface area (Å²) in [6.07, 6.45) is 0. The van der Waals surface area contributed by atoms with Crippen molar-refractivity contribution in [2.45, 2.75) is 6.04 Å². The number of nitrogens with zero attached hydrogens (tertiary/aromatic N) is 2. The van der Waals surface area contributed by atoms with E-state index in [2.05, 4.69) is 34.5 Å². The molecule has 2 rings (SSSR count). The van der Waals surface area contributed by atoms with Crippen molar-refractivity contribution in [3.63, 3.8) is 0 Å². The molecule has 2 aromatic rings. The summed E-state index contributed by atoms with van der Waals surface area (Å²) < 4.78 is 13.2. The number of likely N-dealkylation sites (N-methyl/N-ethyl adjacent to an activating group) is 1. The van der Waals surface area contributed by atoms with Gasteiger partial charge < -0.3 is 15.1 Å². The summed E-state index contributed by atoms with van der Waals surface area (Å²) in [5, 5.41) is 2.89. The predicted molar refractivity (Wildman–Crippen MR) is 95.9 cm³/mol. The van der Waals surface area contributed by atoms with E-state index >= 15 is 0 Å². The number of hydrogen-bond donors (Lipinski definition) is 1. The first-order valence-corrected chi connectivity index (χ1v) is 7.86. The van der Waals surface area contributed by atoms with E-state index in [1.807, 2.05) is 33.1 Å². The molecule has 0 aliphatic carbocycles. The number of amides is 1. The van der Waals surface area contributed by atoms with Gasteiger partial charge in [0, 0.05) is 31.9 Å². The molecule has 0 saturated heterocycles. The van der Waals surface area contributed by atoms with Crippen molar-refractivity contribution in [2.75, 3.05) is 39.6 Å². The average molecular weight is 329 g/mol. The summed E-state index contributed by atoms with van der Waals surface area (Å²) in [7, 11) is 7.94. The topological polar surface area (TPSA) is 35.6 Å². The van der Waals surface area contributed by atoms with Crippen LogP contribution in [0.1, 0.15) is 22.0 Å². The number of benzene rings is 2. The average Bonchev–Trinajstić information content (AvgIpc) is 2.55. The van der Waals surface area contributed by atoms with Crippen molar-refractivity contribution < 1.29 is 9.18 Å². The highest BCUT2D eigenvalue weighted by Crippen LogP contribution is 2.21. The van der Waals surface area contributed by atoms with Crippen LogP contribution in [0.15, 0.2) is 48.5 Å². The number of nitrogens with one attached hydrogen (secondary N) is 1. The van der Waals surface area contributed by atoms with Crippen molar-refractivity contribution in [2.24, 2.45) is 0 Å². The van der Waals surface area contributed by atoms with E-state index in [0.717, 1.165) is 11.3 Å². The van der Waals surface area contributed by atoms with Crippen molar-refractivity contribution in [3.8, 4) is 0 Å². The summed E-state index contributed by atoms with van der Waals surface area (Å²) in [4.78, 5) is 16.3. The van der Waals surface area contributed by atoms with Crippen molar-refractivity contribution >= 4 is 11.6 Å². The molecule has 0 unspecified atom stereocenters. The maximum absolute atomic E-state index is 13.2. The second-order valence-corrected chi connectivity index (χ2v) is 6.19. The summed E-state index contributed by atoms with van der Waals surface area (Å²) in [6.45, 7) is 0.448. The summed E-state index contributed by atoms with van der Waals surface area (Å²) in [6, 6.07) is 14.0. The number of carbonyl (C=O) groups is 1. The van der Waals surface area contributed by atoms with E-state index < -0.39 is 5.82 Å². The SMILES string of the molecule is CN(C)c1ccc([C@@H](CNC(=O)c2cccc(F)c2)N(C)C)cc1. The van der Waals surface area contributed by atoms with Gasteiger partial charge in [-0.25, -0.2) is 4.39 Å². The molecule has 0 heterocycles. The molecule has 1 amide bonds. The van der Waals surface area contributed by atoms with E-state index in [-0.39, 0.29) is 11.9 Å². The zero-order valence-electron chi connectivity index (χ0n) is 14.6. The summed E-state index contributed by atoms with van der Waals surface area (Å²) in [5.74, 6) is -0.683. The highest BCUT2D eigenvalue weighted by Gasteiger charge is 2.16. The van der Waals surface area contributed by atoms with Crippen LogP contribution < -0.4 is 10.2 Å². The van der Waals surface area contributed by atoms with E-state index in [1.165, 1.54) is 18.2 Å². The van der Waals surface area contributed by atoms with Gasteiger partial charge in [0.15, 0.2) is 0 Å². The summed E-state index contributed by atoms with van der Waals surface area (Å²) in [5.41, 5.74) is 2.57.